The quantitative estimate of drug-likeness (QED) is 0.612. The number of allylic oxidation sites excluding steroid dienone is 2. The summed E-state index contributed by atoms with van der Waals surface area (Å²) in [6, 6.07) is 14.5. The van der Waals surface area contributed by atoms with Crippen molar-refractivity contribution < 1.29 is 4.74 Å². The molecule has 2 aromatic rings. The number of aryl methyl sites for hydroxylation is 1. The summed E-state index contributed by atoms with van der Waals surface area (Å²) >= 11 is 6.00. The molecule has 0 fully saturated rings. The van der Waals surface area contributed by atoms with E-state index in [0.717, 1.165) is 30.0 Å². The van der Waals surface area contributed by atoms with Crippen molar-refractivity contribution in [3.63, 3.8) is 0 Å². The van der Waals surface area contributed by atoms with Gasteiger partial charge in [0.1, 0.15) is 0 Å². The van der Waals surface area contributed by atoms with Crippen LogP contribution in [0.5, 0.6) is 0 Å². The molecular weight excluding hydrogens is 316 g/mol. The number of ether oxygens (including phenoxy) is 1. The first-order chi connectivity index (χ1) is 11.6. The average molecular weight is 337 g/mol. The molecule has 0 spiro atoms. The maximum atomic E-state index is 6.00. The monoisotopic (exact) mass is 336 g/mol. The predicted molar refractivity (Wildman–Crippen MR) is 102 cm³/mol. The summed E-state index contributed by atoms with van der Waals surface area (Å²) in [7, 11) is 1.76. The number of hydrogen-bond acceptors (Lipinski definition) is 1. The zero-order valence-electron chi connectivity index (χ0n) is 14.1. The fraction of sp³-hybridized carbons (Fsp3) is 0.273. The Kier molecular flexibility index (Phi) is 4.97. The molecule has 0 saturated carbocycles. The van der Waals surface area contributed by atoms with E-state index in [1.54, 1.807) is 7.11 Å². The van der Waals surface area contributed by atoms with Gasteiger partial charge in [0.15, 0.2) is 0 Å². The van der Waals surface area contributed by atoms with Gasteiger partial charge in [0.25, 0.3) is 0 Å². The van der Waals surface area contributed by atoms with Crippen LogP contribution in [0.3, 0.4) is 0 Å². The summed E-state index contributed by atoms with van der Waals surface area (Å²) in [5.41, 5.74) is 6.18. The standard InChI is InChI=1S/C22H21ClO/c1-4-5-16-12-21(22(13-16)24-3)20-14-18(7-6-15(20)2)17-8-10-19(23)11-9-17/h1,6-11,14,16H,5,12-13H2,2-3H3. The van der Waals surface area contributed by atoms with E-state index in [0.29, 0.717) is 5.92 Å². The van der Waals surface area contributed by atoms with E-state index in [2.05, 4.69) is 43.2 Å². The second-order valence-electron chi connectivity index (χ2n) is 6.32. The minimum atomic E-state index is 0.485. The second kappa shape index (κ2) is 7.16. The van der Waals surface area contributed by atoms with E-state index >= 15 is 0 Å². The van der Waals surface area contributed by atoms with Crippen molar-refractivity contribution in [1.82, 2.24) is 0 Å². The molecule has 1 nitrogen and oxygen atoms in total. The lowest BCUT2D eigenvalue weighted by Crippen LogP contribution is -1.94. The van der Waals surface area contributed by atoms with Gasteiger partial charge in [-0.3, -0.25) is 0 Å². The normalized spacial score (nSPS) is 17.0. The zero-order chi connectivity index (χ0) is 17.1. The maximum absolute atomic E-state index is 6.00. The van der Waals surface area contributed by atoms with Gasteiger partial charge in [0, 0.05) is 17.9 Å². The summed E-state index contributed by atoms with van der Waals surface area (Å²) in [5, 5.41) is 0.753. The minimum Gasteiger partial charge on any atom is -0.501 e. The summed E-state index contributed by atoms with van der Waals surface area (Å²) in [5.74, 6) is 4.35. The van der Waals surface area contributed by atoms with Crippen molar-refractivity contribution in [2.24, 2.45) is 5.92 Å². The molecule has 0 heterocycles. The van der Waals surface area contributed by atoms with Crippen LogP contribution in [0.25, 0.3) is 16.7 Å². The van der Waals surface area contributed by atoms with Crippen LogP contribution in [-0.2, 0) is 4.74 Å². The van der Waals surface area contributed by atoms with Gasteiger partial charge in [0.2, 0.25) is 0 Å². The molecule has 1 unspecified atom stereocenters. The first-order valence-corrected chi connectivity index (χ1v) is 8.56. The number of hydrogen-bond donors (Lipinski definition) is 0. The van der Waals surface area contributed by atoms with E-state index in [1.165, 1.54) is 27.8 Å². The van der Waals surface area contributed by atoms with Crippen LogP contribution >= 0.6 is 11.6 Å². The highest BCUT2D eigenvalue weighted by Crippen LogP contribution is 2.41. The molecule has 0 amide bonds. The lowest BCUT2D eigenvalue weighted by atomic mass is 9.93. The van der Waals surface area contributed by atoms with Crippen molar-refractivity contribution in [2.75, 3.05) is 7.11 Å². The molecule has 24 heavy (non-hydrogen) atoms. The Morgan fingerprint density at radius 2 is 1.83 bits per heavy atom. The number of rotatable bonds is 4. The molecule has 0 bridgehead atoms. The van der Waals surface area contributed by atoms with Crippen molar-refractivity contribution in [3.05, 3.63) is 64.4 Å². The Labute approximate surface area is 149 Å². The molecule has 2 heteroatoms. The van der Waals surface area contributed by atoms with Gasteiger partial charge in [-0.25, -0.2) is 0 Å². The molecule has 0 aliphatic heterocycles. The van der Waals surface area contributed by atoms with E-state index in [1.807, 2.05) is 12.1 Å². The largest absolute Gasteiger partial charge is 0.501 e. The molecule has 1 aliphatic carbocycles. The molecule has 0 N–H and O–H groups in total. The van der Waals surface area contributed by atoms with Crippen molar-refractivity contribution >= 4 is 17.2 Å². The van der Waals surface area contributed by atoms with Gasteiger partial charge in [-0.2, -0.15) is 0 Å². The molecule has 1 atom stereocenters. The Morgan fingerprint density at radius 3 is 2.50 bits per heavy atom. The van der Waals surface area contributed by atoms with E-state index in [4.69, 9.17) is 22.8 Å². The highest BCUT2D eigenvalue weighted by molar-refractivity contribution is 6.30. The fourth-order valence-electron chi connectivity index (χ4n) is 3.41. The van der Waals surface area contributed by atoms with Crippen LogP contribution in [0.4, 0.5) is 0 Å². The van der Waals surface area contributed by atoms with Crippen LogP contribution in [0.1, 0.15) is 30.4 Å². The van der Waals surface area contributed by atoms with Crippen molar-refractivity contribution in [3.8, 4) is 23.5 Å². The highest BCUT2D eigenvalue weighted by atomic mass is 35.5. The third-order valence-electron chi connectivity index (χ3n) is 4.70. The van der Waals surface area contributed by atoms with Gasteiger partial charge >= 0.3 is 0 Å². The van der Waals surface area contributed by atoms with Crippen LogP contribution in [-0.4, -0.2) is 7.11 Å². The topological polar surface area (TPSA) is 9.23 Å². The first-order valence-electron chi connectivity index (χ1n) is 8.18. The second-order valence-corrected chi connectivity index (χ2v) is 6.76. The summed E-state index contributed by atoms with van der Waals surface area (Å²) < 4.78 is 5.66. The van der Waals surface area contributed by atoms with Gasteiger partial charge in [-0.1, -0.05) is 35.9 Å². The van der Waals surface area contributed by atoms with Gasteiger partial charge in [-0.05, 0) is 65.3 Å². The number of methoxy groups -OCH3 is 1. The molecule has 3 rings (SSSR count). The summed E-state index contributed by atoms with van der Waals surface area (Å²) in [6.45, 7) is 2.15. The molecule has 2 aromatic carbocycles. The predicted octanol–water partition coefficient (Wildman–Crippen LogP) is 6.11. The minimum absolute atomic E-state index is 0.485. The zero-order valence-corrected chi connectivity index (χ0v) is 14.9. The van der Waals surface area contributed by atoms with Crippen molar-refractivity contribution in [2.45, 2.75) is 26.2 Å². The SMILES string of the molecule is C#CCC1CC(OC)=C(c2cc(-c3ccc(Cl)cc3)ccc2C)C1. The third-order valence-corrected chi connectivity index (χ3v) is 4.95. The van der Waals surface area contributed by atoms with Gasteiger partial charge in [0.05, 0.1) is 12.9 Å². The van der Waals surface area contributed by atoms with Gasteiger partial charge < -0.3 is 4.74 Å². The Hall–Kier alpha value is -2.17. The van der Waals surface area contributed by atoms with Crippen LogP contribution in [0.15, 0.2) is 48.2 Å². The number of terminal acetylenes is 1. The van der Waals surface area contributed by atoms with Crippen LogP contribution in [0.2, 0.25) is 5.02 Å². The highest BCUT2D eigenvalue weighted by Gasteiger charge is 2.26. The Bertz CT molecular complexity index is 809. The van der Waals surface area contributed by atoms with E-state index in [9.17, 15) is 0 Å². The van der Waals surface area contributed by atoms with Crippen molar-refractivity contribution in [1.29, 1.82) is 0 Å². The smallest absolute Gasteiger partial charge is 0.0996 e. The molecule has 0 aromatic heterocycles. The molecule has 122 valence electrons. The van der Waals surface area contributed by atoms with E-state index < -0.39 is 0 Å². The Balaban J connectivity index is 2.00. The van der Waals surface area contributed by atoms with Gasteiger partial charge in [-0.15, -0.1) is 12.3 Å². The molecule has 1 aliphatic rings. The maximum Gasteiger partial charge on any atom is 0.0996 e. The lowest BCUT2D eigenvalue weighted by molar-refractivity contribution is 0.275. The average Bonchev–Trinajstić information content (AvgIpc) is 2.99. The summed E-state index contributed by atoms with van der Waals surface area (Å²) in [4.78, 5) is 0. The molecular formula is C22H21ClO. The third kappa shape index (κ3) is 3.35. The van der Waals surface area contributed by atoms with Crippen LogP contribution in [0, 0.1) is 25.2 Å². The number of halogens is 1. The molecule has 0 radical (unpaired) electrons. The lowest BCUT2D eigenvalue weighted by Gasteiger charge is -2.13. The summed E-state index contributed by atoms with van der Waals surface area (Å²) in [6.07, 6.45) is 8.21. The number of benzene rings is 2. The van der Waals surface area contributed by atoms with Crippen LogP contribution < -0.4 is 0 Å². The Morgan fingerprint density at radius 1 is 1.12 bits per heavy atom. The van der Waals surface area contributed by atoms with E-state index in [-0.39, 0.29) is 0 Å². The fourth-order valence-corrected chi connectivity index (χ4v) is 3.53. The first kappa shape index (κ1) is 16.7. The molecule has 0 saturated heterocycles.